The van der Waals surface area contributed by atoms with E-state index in [-0.39, 0.29) is 5.91 Å². The summed E-state index contributed by atoms with van der Waals surface area (Å²) in [6.07, 6.45) is 1.86. The second-order valence-electron chi connectivity index (χ2n) is 6.17. The Balaban J connectivity index is 1.50. The molecule has 0 spiro atoms. The molecule has 1 aliphatic rings. The van der Waals surface area contributed by atoms with Crippen molar-refractivity contribution in [2.75, 3.05) is 5.32 Å². The summed E-state index contributed by atoms with van der Waals surface area (Å²) in [6, 6.07) is 20.8. The number of rotatable bonds is 4. The largest absolute Gasteiger partial charge is 0.489 e. The molecule has 1 aliphatic heterocycles. The topological polar surface area (TPSA) is 38.3 Å². The quantitative estimate of drug-likeness (QED) is 0.473. The molecule has 0 fully saturated rings. The number of nitrogens with one attached hydrogen (secondary N) is 1. The van der Waals surface area contributed by atoms with Gasteiger partial charge in [-0.1, -0.05) is 65.3 Å². The van der Waals surface area contributed by atoms with Gasteiger partial charge in [-0.3, -0.25) is 4.79 Å². The molecule has 3 aromatic carbocycles. The zero-order chi connectivity index (χ0) is 19.5. The van der Waals surface area contributed by atoms with Gasteiger partial charge < -0.3 is 10.1 Å². The highest BCUT2D eigenvalue weighted by molar-refractivity contribution is 8.04. The van der Waals surface area contributed by atoms with Crippen molar-refractivity contribution in [1.82, 2.24) is 0 Å². The van der Waals surface area contributed by atoms with Gasteiger partial charge in [-0.05, 0) is 53.6 Å². The molecule has 3 aromatic rings. The van der Waals surface area contributed by atoms with E-state index in [4.69, 9.17) is 27.9 Å². The molecule has 4 rings (SSSR count). The van der Waals surface area contributed by atoms with E-state index in [1.54, 1.807) is 12.1 Å². The molecule has 0 unspecified atom stereocenters. The van der Waals surface area contributed by atoms with Gasteiger partial charge in [-0.2, -0.15) is 0 Å². The summed E-state index contributed by atoms with van der Waals surface area (Å²) in [5.41, 5.74) is 2.66. The van der Waals surface area contributed by atoms with Crippen LogP contribution in [-0.2, 0) is 11.4 Å². The molecule has 0 radical (unpaired) electrons. The van der Waals surface area contributed by atoms with E-state index < -0.39 is 0 Å². The van der Waals surface area contributed by atoms with Crippen LogP contribution in [0.25, 0.3) is 6.08 Å². The molecule has 6 heteroatoms. The lowest BCUT2D eigenvalue weighted by Gasteiger charge is -2.18. The normalized spacial score (nSPS) is 14.5. The number of anilines is 1. The number of amides is 1. The van der Waals surface area contributed by atoms with Gasteiger partial charge in [0.1, 0.15) is 12.4 Å². The van der Waals surface area contributed by atoms with Crippen molar-refractivity contribution in [3.05, 3.63) is 92.8 Å². The van der Waals surface area contributed by atoms with Crippen LogP contribution in [0, 0.1) is 0 Å². The van der Waals surface area contributed by atoms with Gasteiger partial charge in [0.15, 0.2) is 0 Å². The van der Waals surface area contributed by atoms with E-state index in [9.17, 15) is 4.79 Å². The molecule has 28 heavy (non-hydrogen) atoms. The molecular weight excluding hydrogens is 413 g/mol. The van der Waals surface area contributed by atoms with E-state index in [0.29, 0.717) is 27.3 Å². The third kappa shape index (κ3) is 4.36. The first-order chi connectivity index (χ1) is 13.6. The van der Waals surface area contributed by atoms with Gasteiger partial charge in [0.25, 0.3) is 5.91 Å². The molecule has 140 valence electrons. The van der Waals surface area contributed by atoms with Gasteiger partial charge in [-0.15, -0.1) is 0 Å². The number of thioether (sulfide) groups is 1. The van der Waals surface area contributed by atoms with Crippen molar-refractivity contribution < 1.29 is 9.53 Å². The average Bonchev–Trinajstić information content (AvgIpc) is 2.70. The Bertz CT molecular complexity index is 1080. The van der Waals surface area contributed by atoms with Crippen molar-refractivity contribution in [3.8, 4) is 5.75 Å². The Morgan fingerprint density at radius 3 is 2.68 bits per heavy atom. The third-order valence-electron chi connectivity index (χ3n) is 4.12. The molecule has 1 N–H and O–H groups in total. The van der Waals surface area contributed by atoms with E-state index in [1.807, 2.05) is 60.7 Å². The Labute approximate surface area is 177 Å². The van der Waals surface area contributed by atoms with Crippen LogP contribution in [0.3, 0.4) is 0 Å². The molecule has 0 saturated carbocycles. The van der Waals surface area contributed by atoms with Crippen LogP contribution in [0.4, 0.5) is 5.69 Å². The fourth-order valence-electron chi connectivity index (χ4n) is 2.74. The van der Waals surface area contributed by atoms with Gasteiger partial charge in [-0.25, -0.2) is 0 Å². The zero-order valence-electron chi connectivity index (χ0n) is 14.6. The summed E-state index contributed by atoms with van der Waals surface area (Å²) >= 11 is 13.4. The summed E-state index contributed by atoms with van der Waals surface area (Å²) in [4.78, 5) is 14.0. The van der Waals surface area contributed by atoms with E-state index in [2.05, 4.69) is 5.32 Å². The summed E-state index contributed by atoms with van der Waals surface area (Å²) < 4.78 is 5.86. The van der Waals surface area contributed by atoms with Crippen LogP contribution < -0.4 is 10.1 Å². The number of benzene rings is 3. The Hall–Kier alpha value is -2.40. The maximum atomic E-state index is 12.4. The maximum absolute atomic E-state index is 12.4. The zero-order valence-corrected chi connectivity index (χ0v) is 16.9. The number of carbonyl (C=O) groups excluding carboxylic acids is 1. The summed E-state index contributed by atoms with van der Waals surface area (Å²) in [5.74, 6) is 0.605. The van der Waals surface area contributed by atoms with Crippen LogP contribution >= 0.6 is 35.0 Å². The molecular formula is C22H15Cl2NO2S. The minimum Gasteiger partial charge on any atom is -0.489 e. The number of halogens is 2. The average molecular weight is 428 g/mol. The van der Waals surface area contributed by atoms with Gasteiger partial charge in [0.2, 0.25) is 0 Å². The SMILES string of the molecule is O=C1Nc2ccccc2S/C1=C\c1cccc(OCc2ccc(Cl)c(Cl)c2)c1. The summed E-state index contributed by atoms with van der Waals surface area (Å²) in [7, 11) is 0. The smallest absolute Gasteiger partial charge is 0.262 e. The first-order valence-corrected chi connectivity index (χ1v) is 10.1. The number of ether oxygens (including phenoxy) is 1. The fourth-order valence-corrected chi connectivity index (χ4v) is 4.02. The highest BCUT2D eigenvalue weighted by Crippen LogP contribution is 2.38. The second kappa shape index (κ2) is 8.31. The van der Waals surface area contributed by atoms with Gasteiger partial charge >= 0.3 is 0 Å². The van der Waals surface area contributed by atoms with Crippen molar-refractivity contribution in [3.63, 3.8) is 0 Å². The van der Waals surface area contributed by atoms with E-state index in [1.165, 1.54) is 11.8 Å². The maximum Gasteiger partial charge on any atom is 0.262 e. The van der Waals surface area contributed by atoms with E-state index in [0.717, 1.165) is 21.7 Å². The van der Waals surface area contributed by atoms with Crippen LogP contribution in [0.15, 0.2) is 76.5 Å². The molecule has 1 heterocycles. The molecule has 0 saturated heterocycles. The first kappa shape index (κ1) is 18.9. The van der Waals surface area contributed by atoms with E-state index >= 15 is 0 Å². The van der Waals surface area contributed by atoms with Crippen LogP contribution in [0.5, 0.6) is 5.75 Å². The number of fused-ring (bicyclic) bond motifs is 1. The van der Waals surface area contributed by atoms with Gasteiger partial charge in [0, 0.05) is 4.90 Å². The fraction of sp³-hybridized carbons (Fsp3) is 0.0455. The standard InChI is InChI=1S/C22H15Cl2NO2S/c23-17-9-8-15(11-18(17)24)13-27-16-5-3-4-14(10-16)12-21-22(26)25-19-6-1-2-7-20(19)28-21/h1-12H,13H2,(H,25,26)/b21-12-. The minimum atomic E-state index is -0.106. The van der Waals surface area contributed by atoms with Crippen molar-refractivity contribution in [2.45, 2.75) is 11.5 Å². The lowest BCUT2D eigenvalue weighted by molar-refractivity contribution is -0.112. The highest BCUT2D eigenvalue weighted by atomic mass is 35.5. The van der Waals surface area contributed by atoms with Crippen LogP contribution in [0.1, 0.15) is 11.1 Å². The molecule has 0 aliphatic carbocycles. The second-order valence-corrected chi connectivity index (χ2v) is 8.07. The van der Waals surface area contributed by atoms with Crippen LogP contribution in [-0.4, -0.2) is 5.91 Å². The monoisotopic (exact) mass is 427 g/mol. The Morgan fingerprint density at radius 2 is 1.82 bits per heavy atom. The number of hydrogen-bond acceptors (Lipinski definition) is 3. The van der Waals surface area contributed by atoms with Crippen molar-refractivity contribution in [2.24, 2.45) is 0 Å². The van der Waals surface area contributed by atoms with Gasteiger partial charge in [0.05, 0.1) is 20.6 Å². The number of hydrogen-bond donors (Lipinski definition) is 1. The van der Waals surface area contributed by atoms with Crippen molar-refractivity contribution in [1.29, 1.82) is 0 Å². The highest BCUT2D eigenvalue weighted by Gasteiger charge is 2.20. The Morgan fingerprint density at radius 1 is 0.964 bits per heavy atom. The third-order valence-corrected chi connectivity index (χ3v) is 5.96. The van der Waals surface area contributed by atoms with Crippen LogP contribution in [0.2, 0.25) is 10.0 Å². The lowest BCUT2D eigenvalue weighted by Crippen LogP contribution is -2.17. The molecule has 0 bridgehead atoms. The summed E-state index contributed by atoms with van der Waals surface area (Å²) in [6.45, 7) is 0.375. The number of para-hydroxylation sites is 1. The molecule has 3 nitrogen and oxygen atoms in total. The van der Waals surface area contributed by atoms with Crippen molar-refractivity contribution >= 4 is 52.6 Å². The predicted molar refractivity (Wildman–Crippen MR) is 116 cm³/mol. The number of carbonyl (C=O) groups is 1. The molecule has 1 amide bonds. The predicted octanol–water partition coefficient (Wildman–Crippen LogP) is 6.66. The Kier molecular flexibility index (Phi) is 5.62. The molecule has 0 atom stereocenters. The lowest BCUT2D eigenvalue weighted by atomic mass is 10.2. The minimum absolute atomic E-state index is 0.106. The first-order valence-electron chi connectivity index (χ1n) is 8.55. The summed E-state index contributed by atoms with van der Waals surface area (Å²) in [5, 5.41) is 3.94. The molecule has 0 aromatic heterocycles.